The molecule has 148 valence electrons. The summed E-state index contributed by atoms with van der Waals surface area (Å²) in [4.78, 5) is 39.3. The summed E-state index contributed by atoms with van der Waals surface area (Å²) < 4.78 is 10.7. The Morgan fingerprint density at radius 1 is 1.07 bits per heavy atom. The molecule has 2 rings (SSSR count). The number of nitrogens with zero attached hydrogens (tertiary/aromatic N) is 1. The number of imide groups is 1. The van der Waals surface area contributed by atoms with Crippen molar-refractivity contribution in [3.63, 3.8) is 0 Å². The molecule has 7 heteroatoms. The molecule has 0 radical (unpaired) electrons. The Morgan fingerprint density at radius 3 is 2.22 bits per heavy atom. The van der Waals surface area contributed by atoms with Gasteiger partial charge in [-0.1, -0.05) is 6.07 Å². The predicted octanol–water partition coefficient (Wildman–Crippen LogP) is 3.56. The third kappa shape index (κ3) is 5.21. The number of anilines is 1. The largest absolute Gasteiger partial charge is 0.508 e. The highest BCUT2D eigenvalue weighted by molar-refractivity contribution is 6.18. The molecule has 1 aliphatic heterocycles. The van der Waals surface area contributed by atoms with E-state index in [1.165, 1.54) is 12.1 Å². The molecule has 0 fully saturated rings. The van der Waals surface area contributed by atoms with E-state index < -0.39 is 35.1 Å². The zero-order chi connectivity index (χ0) is 20.6. The van der Waals surface area contributed by atoms with Gasteiger partial charge in [-0.05, 0) is 66.0 Å². The van der Waals surface area contributed by atoms with Crippen LogP contribution in [0.4, 0.5) is 10.5 Å². The van der Waals surface area contributed by atoms with Crippen LogP contribution >= 0.6 is 0 Å². The van der Waals surface area contributed by atoms with Crippen molar-refractivity contribution >= 4 is 23.7 Å². The minimum Gasteiger partial charge on any atom is -0.508 e. The SMILES string of the molecule is CC(C)(C)OC(=O)[C@H]1CCc2ccc(O)cc2N(C(=O)OC(C)(C)C)C1=O. The number of aryl methyl sites for hydroxylation is 1. The predicted molar refractivity (Wildman–Crippen MR) is 99.5 cm³/mol. The molecule has 27 heavy (non-hydrogen) atoms. The second kappa shape index (κ2) is 7.21. The average Bonchev–Trinajstić information content (AvgIpc) is 2.59. The Balaban J connectivity index is 2.46. The molecule has 0 bridgehead atoms. The first-order valence-electron chi connectivity index (χ1n) is 8.90. The molecule has 1 aromatic carbocycles. The summed E-state index contributed by atoms with van der Waals surface area (Å²) in [5.74, 6) is -2.63. The summed E-state index contributed by atoms with van der Waals surface area (Å²) >= 11 is 0. The molecule has 1 aliphatic rings. The Morgan fingerprint density at radius 2 is 1.67 bits per heavy atom. The van der Waals surface area contributed by atoms with Crippen molar-refractivity contribution in [2.45, 2.75) is 65.6 Å². The first-order chi connectivity index (χ1) is 12.3. The Kier molecular flexibility index (Phi) is 5.54. The maximum atomic E-state index is 13.1. The molecule has 7 nitrogen and oxygen atoms in total. The lowest BCUT2D eigenvalue weighted by Gasteiger charge is -2.28. The summed E-state index contributed by atoms with van der Waals surface area (Å²) in [5.41, 5.74) is -0.702. The van der Waals surface area contributed by atoms with E-state index in [4.69, 9.17) is 9.47 Å². The molecule has 0 aliphatic carbocycles. The van der Waals surface area contributed by atoms with Gasteiger partial charge in [0.2, 0.25) is 0 Å². The highest BCUT2D eigenvalue weighted by atomic mass is 16.6. The van der Waals surface area contributed by atoms with Gasteiger partial charge in [-0.2, -0.15) is 0 Å². The van der Waals surface area contributed by atoms with Crippen LogP contribution in [0.3, 0.4) is 0 Å². The first-order valence-corrected chi connectivity index (χ1v) is 8.90. The molecule has 0 spiro atoms. The van der Waals surface area contributed by atoms with Gasteiger partial charge in [-0.25, -0.2) is 9.69 Å². The van der Waals surface area contributed by atoms with Gasteiger partial charge in [0.1, 0.15) is 22.9 Å². The van der Waals surface area contributed by atoms with E-state index in [9.17, 15) is 19.5 Å². The number of phenolic OH excluding ortho intramolecular Hbond substituents is 1. The molecular weight excluding hydrogens is 350 g/mol. The van der Waals surface area contributed by atoms with Crippen LogP contribution < -0.4 is 4.90 Å². The van der Waals surface area contributed by atoms with Crippen LogP contribution in [0, 0.1) is 5.92 Å². The van der Waals surface area contributed by atoms with E-state index in [0.29, 0.717) is 12.0 Å². The van der Waals surface area contributed by atoms with Gasteiger partial charge >= 0.3 is 12.1 Å². The maximum Gasteiger partial charge on any atom is 0.421 e. The number of hydrogen-bond donors (Lipinski definition) is 1. The Hall–Kier alpha value is -2.57. The second-order valence-electron chi connectivity index (χ2n) is 8.59. The van der Waals surface area contributed by atoms with Crippen molar-refractivity contribution in [2.75, 3.05) is 4.90 Å². The zero-order valence-electron chi connectivity index (χ0n) is 16.7. The lowest BCUT2D eigenvalue weighted by Crippen LogP contribution is -2.46. The number of phenols is 1. The minimum absolute atomic E-state index is 0.0918. The van der Waals surface area contributed by atoms with Crippen molar-refractivity contribution in [1.82, 2.24) is 0 Å². The number of amides is 2. The number of fused-ring (bicyclic) bond motifs is 1. The fraction of sp³-hybridized carbons (Fsp3) is 0.550. The van der Waals surface area contributed by atoms with E-state index in [-0.39, 0.29) is 17.9 Å². The van der Waals surface area contributed by atoms with Gasteiger partial charge in [-0.3, -0.25) is 9.59 Å². The van der Waals surface area contributed by atoms with Crippen molar-refractivity contribution < 1.29 is 29.0 Å². The number of benzene rings is 1. The molecule has 0 saturated carbocycles. The summed E-state index contributed by atoms with van der Waals surface area (Å²) in [6.07, 6.45) is -0.315. The van der Waals surface area contributed by atoms with Crippen molar-refractivity contribution in [1.29, 1.82) is 0 Å². The van der Waals surface area contributed by atoms with E-state index in [1.807, 2.05) is 0 Å². The summed E-state index contributed by atoms with van der Waals surface area (Å²) in [6, 6.07) is 4.44. The number of rotatable bonds is 1. The number of carbonyl (C=O) groups is 3. The number of carbonyl (C=O) groups excluding carboxylic acids is 3. The highest BCUT2D eigenvalue weighted by Crippen LogP contribution is 2.34. The number of hydrogen-bond acceptors (Lipinski definition) is 6. The third-order valence-corrected chi connectivity index (χ3v) is 3.80. The van der Waals surface area contributed by atoms with Crippen LogP contribution in [0.1, 0.15) is 53.5 Å². The lowest BCUT2D eigenvalue weighted by molar-refractivity contribution is -0.162. The lowest BCUT2D eigenvalue weighted by atomic mass is 10.00. The third-order valence-electron chi connectivity index (χ3n) is 3.80. The van der Waals surface area contributed by atoms with Crippen LogP contribution in [0.15, 0.2) is 18.2 Å². The van der Waals surface area contributed by atoms with E-state index in [0.717, 1.165) is 4.90 Å². The van der Waals surface area contributed by atoms with E-state index in [2.05, 4.69) is 0 Å². The van der Waals surface area contributed by atoms with Gasteiger partial charge in [0.25, 0.3) is 5.91 Å². The fourth-order valence-corrected chi connectivity index (χ4v) is 2.76. The van der Waals surface area contributed by atoms with Gasteiger partial charge < -0.3 is 14.6 Å². The quantitative estimate of drug-likeness (QED) is 0.594. The molecule has 1 N–H and O–H groups in total. The minimum atomic E-state index is -1.13. The average molecular weight is 377 g/mol. The van der Waals surface area contributed by atoms with Gasteiger partial charge in [0.15, 0.2) is 0 Å². The van der Waals surface area contributed by atoms with Gasteiger partial charge in [0.05, 0.1) is 5.69 Å². The van der Waals surface area contributed by atoms with Crippen molar-refractivity contribution in [3.05, 3.63) is 23.8 Å². The van der Waals surface area contributed by atoms with Crippen LogP contribution in [0.2, 0.25) is 0 Å². The molecule has 0 unspecified atom stereocenters. The first kappa shape index (κ1) is 20.7. The standard InChI is InChI=1S/C20H27NO6/c1-19(2,3)26-17(24)14-10-8-12-7-9-13(22)11-15(12)21(16(14)23)18(25)27-20(4,5)6/h7,9,11,14,22H,8,10H2,1-6H3/t14-/m0/s1. The molecule has 0 saturated heterocycles. The smallest absolute Gasteiger partial charge is 0.421 e. The van der Waals surface area contributed by atoms with Crippen LogP contribution in [-0.4, -0.2) is 34.3 Å². The monoisotopic (exact) mass is 377 g/mol. The normalized spacial score (nSPS) is 17.8. The van der Waals surface area contributed by atoms with Crippen LogP contribution in [-0.2, 0) is 25.5 Å². The molecular formula is C20H27NO6. The summed E-state index contributed by atoms with van der Waals surface area (Å²) in [5, 5.41) is 9.84. The maximum absolute atomic E-state index is 13.1. The van der Waals surface area contributed by atoms with Crippen LogP contribution in [0.5, 0.6) is 5.75 Å². The summed E-state index contributed by atoms with van der Waals surface area (Å²) in [6.45, 7) is 10.2. The van der Waals surface area contributed by atoms with Crippen molar-refractivity contribution in [3.8, 4) is 5.75 Å². The van der Waals surface area contributed by atoms with Crippen LogP contribution in [0.25, 0.3) is 0 Å². The van der Waals surface area contributed by atoms with E-state index in [1.54, 1.807) is 47.6 Å². The second-order valence-corrected chi connectivity index (χ2v) is 8.59. The molecule has 0 aromatic heterocycles. The Labute approximate surface area is 159 Å². The molecule has 1 heterocycles. The van der Waals surface area contributed by atoms with Crippen molar-refractivity contribution in [2.24, 2.45) is 5.92 Å². The number of esters is 1. The summed E-state index contributed by atoms with van der Waals surface area (Å²) in [7, 11) is 0. The highest BCUT2D eigenvalue weighted by Gasteiger charge is 2.41. The molecule has 2 amide bonds. The topological polar surface area (TPSA) is 93.1 Å². The molecule has 1 atom stereocenters. The fourth-order valence-electron chi connectivity index (χ4n) is 2.76. The van der Waals surface area contributed by atoms with Gasteiger partial charge in [-0.15, -0.1) is 0 Å². The van der Waals surface area contributed by atoms with E-state index >= 15 is 0 Å². The zero-order valence-corrected chi connectivity index (χ0v) is 16.7. The molecule has 1 aromatic rings. The number of aromatic hydroxyl groups is 1. The van der Waals surface area contributed by atoms with Gasteiger partial charge in [0, 0.05) is 6.07 Å². The Bertz CT molecular complexity index is 757. The number of ether oxygens (including phenoxy) is 2.